The molecule has 1 rings (SSSR count). The van der Waals surface area contributed by atoms with Crippen LogP contribution in [-0.4, -0.2) is 0 Å². The number of hydrogen-bond acceptors (Lipinski definition) is 0. The fourth-order valence-corrected chi connectivity index (χ4v) is 1.31. The molecule has 0 aliphatic heterocycles. The van der Waals surface area contributed by atoms with Crippen LogP contribution in [0.4, 0.5) is 0 Å². The van der Waals surface area contributed by atoms with Crippen molar-refractivity contribution >= 4 is 0 Å². The molecule has 1 radical (unpaired) electrons. The summed E-state index contributed by atoms with van der Waals surface area (Å²) in [6.45, 7) is 0. The molecule has 1 aliphatic rings. The van der Waals surface area contributed by atoms with Crippen molar-refractivity contribution in [1.82, 2.24) is 0 Å². The van der Waals surface area contributed by atoms with Gasteiger partial charge in [-0.3, -0.25) is 0 Å². The lowest BCUT2D eigenvalue weighted by molar-refractivity contribution is 0.841. The highest BCUT2D eigenvalue weighted by atomic mass is 13.9. The molecular weight excluding hydrogens is 168 g/mol. The van der Waals surface area contributed by atoms with Crippen molar-refractivity contribution in [2.24, 2.45) is 0 Å². The van der Waals surface area contributed by atoms with Crippen LogP contribution in [0.2, 0.25) is 0 Å². The fourth-order valence-electron chi connectivity index (χ4n) is 1.31. The van der Waals surface area contributed by atoms with Gasteiger partial charge >= 0.3 is 0 Å². The Morgan fingerprint density at radius 2 is 1.36 bits per heavy atom. The van der Waals surface area contributed by atoms with Crippen molar-refractivity contribution in [3.8, 4) is 0 Å². The van der Waals surface area contributed by atoms with Crippen molar-refractivity contribution in [3.05, 3.63) is 55.0 Å². The van der Waals surface area contributed by atoms with Gasteiger partial charge in [-0.1, -0.05) is 48.6 Å². The molecule has 0 N–H and O–H groups in total. The molecule has 0 spiro atoms. The average molecular weight is 187 g/mol. The first-order chi connectivity index (χ1) is 7.00. The SMILES string of the molecule is [CH]1/C=C/C=C/C/C=C\C/C=C\CCC1. The van der Waals surface area contributed by atoms with E-state index in [0.717, 1.165) is 12.8 Å². The molecule has 0 aromatic heterocycles. The van der Waals surface area contributed by atoms with Crippen LogP contribution in [0, 0.1) is 6.42 Å². The minimum absolute atomic E-state index is 1.04. The van der Waals surface area contributed by atoms with Gasteiger partial charge in [0.25, 0.3) is 0 Å². The third-order valence-corrected chi connectivity index (χ3v) is 2.11. The first-order valence-electron chi connectivity index (χ1n) is 5.45. The summed E-state index contributed by atoms with van der Waals surface area (Å²) in [5, 5.41) is 0. The molecule has 14 heavy (non-hydrogen) atoms. The molecule has 0 unspecified atom stereocenters. The molecule has 1 aliphatic carbocycles. The Hall–Kier alpha value is -1.04. The summed E-state index contributed by atoms with van der Waals surface area (Å²) in [7, 11) is 0. The molecule has 75 valence electrons. The fraction of sp³-hybridized carbons (Fsp3) is 0.357. The second-order valence-corrected chi connectivity index (χ2v) is 3.39. The largest absolute Gasteiger partial charge is 0.0882 e. The summed E-state index contributed by atoms with van der Waals surface area (Å²) in [5.41, 5.74) is 0. The summed E-state index contributed by atoms with van der Waals surface area (Å²) >= 11 is 0. The normalized spacial score (nSPS) is 28.6. The maximum Gasteiger partial charge on any atom is -0.0166 e. The van der Waals surface area contributed by atoms with Gasteiger partial charge in [0.15, 0.2) is 0 Å². The Morgan fingerprint density at radius 3 is 2.29 bits per heavy atom. The Kier molecular flexibility index (Phi) is 6.74. The van der Waals surface area contributed by atoms with Crippen molar-refractivity contribution in [1.29, 1.82) is 0 Å². The van der Waals surface area contributed by atoms with Crippen LogP contribution in [0.3, 0.4) is 0 Å². The standard InChI is InChI=1S/C14H19/c1-2-4-6-8-10-12-14-13-11-9-7-5-3-1/h1-5,8,10,13-14H,6-7,9,11-12H2/b3-1+,4-2+,10-8-,14-13-. The second-order valence-electron chi connectivity index (χ2n) is 3.39. The monoisotopic (exact) mass is 187 g/mol. The van der Waals surface area contributed by atoms with Crippen LogP contribution >= 0.6 is 0 Å². The maximum absolute atomic E-state index is 2.28. The molecule has 0 bridgehead atoms. The van der Waals surface area contributed by atoms with Gasteiger partial charge in [0.1, 0.15) is 0 Å². The predicted molar refractivity (Wildman–Crippen MR) is 63.9 cm³/mol. The van der Waals surface area contributed by atoms with E-state index in [2.05, 4.69) is 55.0 Å². The summed E-state index contributed by atoms with van der Waals surface area (Å²) in [6, 6.07) is 0. The van der Waals surface area contributed by atoms with Crippen LogP contribution in [0.15, 0.2) is 48.6 Å². The van der Waals surface area contributed by atoms with E-state index in [1.165, 1.54) is 19.3 Å². The van der Waals surface area contributed by atoms with E-state index in [4.69, 9.17) is 0 Å². The Bertz CT molecular complexity index is 228. The van der Waals surface area contributed by atoms with E-state index in [1.807, 2.05) is 0 Å². The van der Waals surface area contributed by atoms with Crippen molar-refractivity contribution < 1.29 is 0 Å². The van der Waals surface area contributed by atoms with Crippen LogP contribution in [0.25, 0.3) is 0 Å². The van der Waals surface area contributed by atoms with Gasteiger partial charge in [0, 0.05) is 0 Å². The maximum atomic E-state index is 2.28. The third-order valence-electron chi connectivity index (χ3n) is 2.11. The highest BCUT2D eigenvalue weighted by Gasteiger charge is 1.83. The van der Waals surface area contributed by atoms with Gasteiger partial charge in [-0.2, -0.15) is 0 Å². The Morgan fingerprint density at radius 1 is 0.571 bits per heavy atom. The minimum Gasteiger partial charge on any atom is -0.0882 e. The molecule has 0 saturated carbocycles. The van der Waals surface area contributed by atoms with E-state index >= 15 is 0 Å². The molecular formula is C14H19. The summed E-state index contributed by atoms with van der Waals surface area (Å²) in [6.07, 6.45) is 25.5. The lowest BCUT2D eigenvalue weighted by Crippen LogP contribution is -1.73. The van der Waals surface area contributed by atoms with Crippen LogP contribution in [0.5, 0.6) is 0 Å². The van der Waals surface area contributed by atoms with Gasteiger partial charge in [0.2, 0.25) is 0 Å². The van der Waals surface area contributed by atoms with Crippen LogP contribution in [-0.2, 0) is 0 Å². The summed E-state index contributed by atoms with van der Waals surface area (Å²) in [5.74, 6) is 0. The lowest BCUT2D eigenvalue weighted by Gasteiger charge is -1.92. The third kappa shape index (κ3) is 6.47. The Balaban J connectivity index is 2.35. The quantitative estimate of drug-likeness (QED) is 0.494. The zero-order chi connectivity index (χ0) is 9.90. The van der Waals surface area contributed by atoms with Crippen LogP contribution < -0.4 is 0 Å². The molecule has 0 nitrogen and oxygen atoms in total. The minimum atomic E-state index is 1.04. The number of allylic oxidation sites excluding steroid dienone is 8. The summed E-state index contributed by atoms with van der Waals surface area (Å²) in [4.78, 5) is 0. The van der Waals surface area contributed by atoms with Gasteiger partial charge in [-0.15, -0.1) is 0 Å². The molecule has 0 saturated heterocycles. The molecule has 0 aromatic rings. The van der Waals surface area contributed by atoms with Gasteiger partial charge in [-0.05, 0) is 38.5 Å². The van der Waals surface area contributed by atoms with Gasteiger partial charge < -0.3 is 0 Å². The van der Waals surface area contributed by atoms with E-state index in [1.54, 1.807) is 0 Å². The van der Waals surface area contributed by atoms with E-state index < -0.39 is 0 Å². The topological polar surface area (TPSA) is 0 Å². The van der Waals surface area contributed by atoms with E-state index in [-0.39, 0.29) is 0 Å². The molecule has 0 amide bonds. The predicted octanol–water partition coefficient (Wildman–Crippen LogP) is 4.38. The number of hydrogen-bond donors (Lipinski definition) is 0. The number of rotatable bonds is 0. The lowest BCUT2D eigenvalue weighted by atomic mass is 10.1. The zero-order valence-corrected chi connectivity index (χ0v) is 8.73. The molecule has 0 heteroatoms. The zero-order valence-electron chi connectivity index (χ0n) is 8.73. The molecule has 0 fully saturated rings. The smallest absolute Gasteiger partial charge is 0.0166 e. The molecule has 0 atom stereocenters. The first-order valence-corrected chi connectivity index (χ1v) is 5.45. The van der Waals surface area contributed by atoms with Gasteiger partial charge in [0.05, 0.1) is 0 Å². The molecule has 0 heterocycles. The van der Waals surface area contributed by atoms with Gasteiger partial charge in [-0.25, -0.2) is 0 Å². The average Bonchev–Trinajstić information content (AvgIpc) is 2.22. The molecule has 0 aromatic carbocycles. The second kappa shape index (κ2) is 8.55. The van der Waals surface area contributed by atoms with Crippen molar-refractivity contribution in [2.45, 2.75) is 32.1 Å². The van der Waals surface area contributed by atoms with Crippen molar-refractivity contribution in [2.75, 3.05) is 0 Å². The highest BCUT2D eigenvalue weighted by molar-refractivity contribution is 5.09. The first kappa shape index (κ1) is 11.0. The Labute approximate surface area is 87.7 Å². The van der Waals surface area contributed by atoms with E-state index in [0.29, 0.717) is 0 Å². The highest BCUT2D eigenvalue weighted by Crippen LogP contribution is 2.02. The van der Waals surface area contributed by atoms with Crippen LogP contribution in [0.1, 0.15) is 32.1 Å². The van der Waals surface area contributed by atoms with Crippen molar-refractivity contribution in [3.63, 3.8) is 0 Å². The van der Waals surface area contributed by atoms with E-state index in [9.17, 15) is 0 Å². The summed E-state index contributed by atoms with van der Waals surface area (Å²) < 4.78 is 0.